The van der Waals surface area contributed by atoms with Gasteiger partial charge in [0.1, 0.15) is 0 Å². The van der Waals surface area contributed by atoms with E-state index in [2.05, 4.69) is 51.3 Å². The summed E-state index contributed by atoms with van der Waals surface area (Å²) >= 11 is 4.35. The summed E-state index contributed by atoms with van der Waals surface area (Å²) in [5, 5.41) is 0. The van der Waals surface area contributed by atoms with E-state index in [0.717, 1.165) is 0 Å². The molecule has 0 saturated heterocycles. The molecule has 0 nitrogen and oxygen atoms in total. The Balaban J connectivity index is 2.06. The second kappa shape index (κ2) is 6.92. The first-order valence-electron chi connectivity index (χ1n) is 5.02. The van der Waals surface area contributed by atoms with Crippen LogP contribution in [0.25, 0.3) is 0 Å². The van der Waals surface area contributed by atoms with Gasteiger partial charge in [0.05, 0.1) is 0 Å². The summed E-state index contributed by atoms with van der Waals surface area (Å²) in [5.74, 6) is 2.66. The maximum atomic E-state index is 2.31. The zero-order valence-corrected chi connectivity index (χ0v) is 10.7. The predicted octanol–water partition coefficient (Wildman–Crippen LogP) is 3.67. The van der Waals surface area contributed by atoms with Crippen molar-refractivity contribution >= 4 is 11.8 Å². The van der Waals surface area contributed by atoms with Crippen LogP contribution in [0.4, 0.5) is 0 Å². The van der Waals surface area contributed by atoms with Gasteiger partial charge in [0.15, 0.2) is 0 Å². The van der Waals surface area contributed by atoms with Crippen LogP contribution in [-0.4, -0.2) is 11.5 Å². The van der Waals surface area contributed by atoms with E-state index in [1.54, 1.807) is 9.45 Å². The molecule has 0 amide bonds. The summed E-state index contributed by atoms with van der Waals surface area (Å²) in [5.41, 5.74) is 1.59. The molecule has 0 heterocycles. The predicted molar refractivity (Wildman–Crippen MR) is 57.6 cm³/mol. The Morgan fingerprint density at radius 3 is 2.92 bits per heavy atom. The summed E-state index contributed by atoms with van der Waals surface area (Å²) in [6.45, 7) is 2.25. The van der Waals surface area contributed by atoms with Crippen LogP contribution in [0.5, 0.6) is 0 Å². The minimum absolute atomic E-state index is 1.19. The normalized spacial score (nSPS) is 15.7. The second-order valence-electron chi connectivity index (χ2n) is 3.33. The molecule has 0 spiro atoms. The van der Waals surface area contributed by atoms with Gasteiger partial charge in [-0.3, -0.25) is 0 Å². The van der Waals surface area contributed by atoms with E-state index in [1.807, 2.05) is 0 Å². The number of allylic oxidation sites excluding steroid dienone is 4. The number of hydrogen-bond acceptors (Lipinski definition) is 1. The van der Waals surface area contributed by atoms with Crippen molar-refractivity contribution in [2.45, 2.75) is 32.6 Å². The van der Waals surface area contributed by atoms with Crippen LogP contribution < -0.4 is 0 Å². The summed E-state index contributed by atoms with van der Waals surface area (Å²) in [4.78, 5) is 0. The molecule has 0 N–H and O–H groups in total. The van der Waals surface area contributed by atoms with Gasteiger partial charge in [-0.1, -0.05) is 0 Å². The monoisotopic (exact) mass is 229 g/mol. The molecule has 2 heteroatoms. The molecule has 0 aromatic carbocycles. The van der Waals surface area contributed by atoms with E-state index in [9.17, 15) is 0 Å². The van der Waals surface area contributed by atoms with Gasteiger partial charge >= 0.3 is 97.9 Å². The molecule has 0 aromatic heterocycles. The maximum absolute atomic E-state index is 2.31. The van der Waals surface area contributed by atoms with E-state index >= 15 is 0 Å². The number of hydrogen-bond donors (Lipinski definition) is 0. The zero-order valence-electron chi connectivity index (χ0n) is 8.31. The molecule has 0 fully saturated rings. The molecule has 1 aliphatic carbocycles. The number of rotatable bonds is 6. The molecule has 1 rings (SSSR count). The van der Waals surface area contributed by atoms with Crippen LogP contribution in [0.1, 0.15) is 32.6 Å². The van der Waals surface area contributed by atoms with Gasteiger partial charge in [-0.15, -0.1) is 0 Å². The van der Waals surface area contributed by atoms with Crippen LogP contribution in [0.3, 0.4) is 0 Å². The molecular weight excluding hydrogens is 212 g/mol. The van der Waals surface area contributed by atoms with Crippen LogP contribution in [0.2, 0.25) is 0 Å². The van der Waals surface area contributed by atoms with Crippen molar-refractivity contribution in [1.29, 1.82) is 0 Å². The van der Waals surface area contributed by atoms with Crippen LogP contribution in [0, 0.1) is 0 Å². The van der Waals surface area contributed by atoms with E-state index in [0.29, 0.717) is 0 Å². The first kappa shape index (κ1) is 11.6. The average Bonchev–Trinajstić information content (AvgIpc) is 2.52. The second-order valence-corrected chi connectivity index (χ2v) is 5.49. The van der Waals surface area contributed by atoms with Gasteiger partial charge in [-0.2, -0.15) is 0 Å². The zero-order chi connectivity index (χ0) is 9.52. The van der Waals surface area contributed by atoms with Crippen LogP contribution in [0.15, 0.2) is 21.6 Å². The molecule has 13 heavy (non-hydrogen) atoms. The fraction of sp³-hybridized carbons (Fsp3) is 0.636. The quantitative estimate of drug-likeness (QED) is 0.494. The Morgan fingerprint density at radius 2 is 2.31 bits per heavy atom. The molecule has 0 saturated carbocycles. The molecule has 0 aromatic rings. The Bertz CT molecular complexity index is 206. The first-order chi connectivity index (χ1) is 6.34. The van der Waals surface area contributed by atoms with E-state index in [1.165, 1.54) is 37.2 Å². The fourth-order valence-electron chi connectivity index (χ4n) is 1.40. The topological polar surface area (TPSA) is 0 Å². The molecule has 0 radical (unpaired) electrons. The summed E-state index contributed by atoms with van der Waals surface area (Å²) in [6, 6.07) is 0. The first-order valence-corrected chi connectivity index (χ1v) is 6.96. The third-order valence-corrected chi connectivity index (χ3v) is 4.21. The third-order valence-electron chi connectivity index (χ3n) is 2.11. The van der Waals surface area contributed by atoms with Crippen molar-refractivity contribution in [3.63, 3.8) is 0 Å². The Hall–Kier alpha value is 0.544. The molecule has 0 unspecified atom stereocenters. The van der Waals surface area contributed by atoms with Crippen molar-refractivity contribution < 1.29 is 20.4 Å². The molecule has 0 atom stereocenters. The van der Waals surface area contributed by atoms with Gasteiger partial charge in [0, 0.05) is 0 Å². The van der Waals surface area contributed by atoms with Crippen molar-refractivity contribution in [3.8, 4) is 0 Å². The molecule has 0 bridgehead atoms. The Labute approximate surface area is 97.7 Å². The Morgan fingerprint density at radius 1 is 1.46 bits per heavy atom. The van der Waals surface area contributed by atoms with Crippen molar-refractivity contribution in [2.75, 3.05) is 11.5 Å². The van der Waals surface area contributed by atoms with E-state index in [-0.39, 0.29) is 0 Å². The molecular formula is C11H17STi. The van der Waals surface area contributed by atoms with Crippen LogP contribution >= 0.6 is 11.8 Å². The van der Waals surface area contributed by atoms with Gasteiger partial charge in [-0.25, -0.2) is 0 Å². The van der Waals surface area contributed by atoms with Gasteiger partial charge in [-0.05, 0) is 0 Å². The molecule has 1 aliphatic rings. The summed E-state index contributed by atoms with van der Waals surface area (Å²) in [6.07, 6.45) is 9.73. The van der Waals surface area contributed by atoms with E-state index < -0.39 is 0 Å². The van der Waals surface area contributed by atoms with Crippen molar-refractivity contribution in [1.82, 2.24) is 0 Å². The summed E-state index contributed by atoms with van der Waals surface area (Å²) in [7, 11) is 0. The van der Waals surface area contributed by atoms with Gasteiger partial charge < -0.3 is 0 Å². The van der Waals surface area contributed by atoms with E-state index in [4.69, 9.17) is 0 Å². The molecule has 0 aliphatic heterocycles. The Kier molecular flexibility index (Phi) is 6.18. The average molecular weight is 229 g/mol. The van der Waals surface area contributed by atoms with Crippen molar-refractivity contribution in [2.24, 2.45) is 0 Å². The third kappa shape index (κ3) is 4.53. The van der Waals surface area contributed by atoms with Crippen molar-refractivity contribution in [3.05, 3.63) is 21.6 Å². The number of thioether (sulfide) groups is 1. The molecule has 71 valence electrons. The van der Waals surface area contributed by atoms with Crippen LogP contribution in [-0.2, 0) is 20.4 Å². The summed E-state index contributed by atoms with van der Waals surface area (Å²) < 4.78 is 1.58. The minimum atomic E-state index is 1.19. The standard InChI is InChI=1S/C11H17S.Ti/c1-2-9-12-10-5-8-11-6-3-4-7-11;/h3,6H,2,4-5,8-10H2,1H3;. The SMILES string of the molecule is CCCSCCCC1=[C]([Ti])CC=C1. The van der Waals surface area contributed by atoms with Gasteiger partial charge in [0.2, 0.25) is 0 Å². The van der Waals surface area contributed by atoms with Gasteiger partial charge in [0.25, 0.3) is 0 Å². The fourth-order valence-corrected chi connectivity index (χ4v) is 2.75.